The molecule has 2 aromatic rings. The largest absolute Gasteiger partial charge is 0.419 e. The molecule has 0 bridgehead atoms. The highest BCUT2D eigenvalue weighted by Gasteiger charge is 2.33. The summed E-state index contributed by atoms with van der Waals surface area (Å²) in [6.45, 7) is 2.22. The van der Waals surface area contributed by atoms with E-state index in [0.717, 1.165) is 44.2 Å². The lowest BCUT2D eigenvalue weighted by Crippen LogP contribution is -2.11. The number of halogens is 4. The SMILES string of the molecule is CCCCCc1ccc([C@H]2CC[C@H](/C=C/C#Cc3ccc(C(F)(F)F)c(F)c3)CC2)cc1. The van der Waals surface area contributed by atoms with Crippen LogP contribution in [0.4, 0.5) is 17.6 Å². The monoisotopic (exact) mass is 442 g/mol. The summed E-state index contributed by atoms with van der Waals surface area (Å²) in [6.07, 6.45) is 8.53. The lowest BCUT2D eigenvalue weighted by molar-refractivity contribution is -0.140. The molecule has 4 heteroatoms. The van der Waals surface area contributed by atoms with Crippen LogP contribution in [0.2, 0.25) is 0 Å². The number of alkyl halides is 3. The van der Waals surface area contributed by atoms with Crippen LogP contribution in [-0.2, 0) is 12.6 Å². The number of aryl methyl sites for hydroxylation is 1. The van der Waals surface area contributed by atoms with E-state index in [1.165, 1.54) is 36.5 Å². The van der Waals surface area contributed by atoms with Gasteiger partial charge in [0.25, 0.3) is 0 Å². The molecule has 0 aromatic heterocycles. The van der Waals surface area contributed by atoms with Crippen molar-refractivity contribution in [3.8, 4) is 11.8 Å². The third kappa shape index (κ3) is 6.99. The topological polar surface area (TPSA) is 0 Å². The molecule has 0 aliphatic heterocycles. The molecule has 3 rings (SSSR count). The van der Waals surface area contributed by atoms with Gasteiger partial charge in [-0.3, -0.25) is 0 Å². The van der Waals surface area contributed by atoms with Crippen molar-refractivity contribution in [2.45, 2.75) is 70.4 Å². The number of hydrogen-bond acceptors (Lipinski definition) is 0. The molecule has 32 heavy (non-hydrogen) atoms. The normalized spacial score (nSPS) is 19.0. The summed E-state index contributed by atoms with van der Waals surface area (Å²) in [7, 11) is 0. The Morgan fingerprint density at radius 1 is 0.969 bits per heavy atom. The predicted octanol–water partition coefficient (Wildman–Crippen LogP) is 8.46. The van der Waals surface area contributed by atoms with Gasteiger partial charge in [0, 0.05) is 5.56 Å². The Morgan fingerprint density at radius 3 is 2.31 bits per heavy atom. The minimum atomic E-state index is -4.69. The first-order valence-corrected chi connectivity index (χ1v) is 11.5. The van der Waals surface area contributed by atoms with Crippen LogP contribution in [0.5, 0.6) is 0 Å². The first kappa shape index (κ1) is 24.1. The molecule has 0 N–H and O–H groups in total. The van der Waals surface area contributed by atoms with Gasteiger partial charge in [0.05, 0.1) is 5.56 Å². The lowest BCUT2D eigenvalue weighted by Gasteiger charge is -2.27. The van der Waals surface area contributed by atoms with Crippen LogP contribution >= 0.6 is 0 Å². The van der Waals surface area contributed by atoms with Gasteiger partial charge in [0.15, 0.2) is 0 Å². The van der Waals surface area contributed by atoms with Crippen molar-refractivity contribution in [1.82, 2.24) is 0 Å². The van der Waals surface area contributed by atoms with E-state index in [9.17, 15) is 17.6 Å². The molecule has 2 aromatic carbocycles. The van der Waals surface area contributed by atoms with E-state index < -0.39 is 17.6 Å². The van der Waals surface area contributed by atoms with Gasteiger partial charge in [-0.1, -0.05) is 61.9 Å². The van der Waals surface area contributed by atoms with Crippen LogP contribution in [0, 0.1) is 23.6 Å². The maximum atomic E-state index is 13.6. The van der Waals surface area contributed by atoms with Crippen LogP contribution in [0.15, 0.2) is 54.6 Å². The fraction of sp³-hybridized carbons (Fsp3) is 0.429. The molecular weight excluding hydrogens is 412 g/mol. The second-order valence-corrected chi connectivity index (χ2v) is 8.63. The molecule has 0 radical (unpaired) electrons. The van der Waals surface area contributed by atoms with Crippen molar-refractivity contribution < 1.29 is 17.6 Å². The highest BCUT2D eigenvalue weighted by molar-refractivity contribution is 5.40. The van der Waals surface area contributed by atoms with Crippen molar-refractivity contribution in [3.05, 3.63) is 82.7 Å². The van der Waals surface area contributed by atoms with Crippen molar-refractivity contribution in [2.24, 2.45) is 5.92 Å². The van der Waals surface area contributed by atoms with E-state index in [0.29, 0.717) is 11.8 Å². The van der Waals surface area contributed by atoms with Gasteiger partial charge >= 0.3 is 6.18 Å². The first-order chi connectivity index (χ1) is 15.4. The van der Waals surface area contributed by atoms with Crippen LogP contribution in [0.25, 0.3) is 0 Å². The van der Waals surface area contributed by atoms with Gasteiger partial charge in [-0.2, -0.15) is 13.2 Å². The Bertz CT molecular complexity index is 950. The van der Waals surface area contributed by atoms with E-state index >= 15 is 0 Å². The average Bonchev–Trinajstić information content (AvgIpc) is 2.77. The third-order valence-electron chi connectivity index (χ3n) is 6.23. The number of hydrogen-bond donors (Lipinski definition) is 0. The predicted molar refractivity (Wildman–Crippen MR) is 122 cm³/mol. The van der Waals surface area contributed by atoms with Crippen LogP contribution in [0.3, 0.4) is 0 Å². The first-order valence-electron chi connectivity index (χ1n) is 11.5. The smallest absolute Gasteiger partial charge is 0.206 e. The molecule has 0 heterocycles. The number of unbranched alkanes of at least 4 members (excludes halogenated alkanes) is 2. The van der Waals surface area contributed by atoms with Crippen molar-refractivity contribution >= 4 is 0 Å². The van der Waals surface area contributed by atoms with Gasteiger partial charge in [-0.25, -0.2) is 4.39 Å². The molecule has 1 saturated carbocycles. The van der Waals surface area contributed by atoms with Crippen molar-refractivity contribution in [2.75, 3.05) is 0 Å². The molecule has 0 spiro atoms. The van der Waals surface area contributed by atoms with E-state index in [1.807, 2.05) is 0 Å². The maximum Gasteiger partial charge on any atom is 0.419 e. The molecule has 1 aliphatic carbocycles. The van der Waals surface area contributed by atoms with Gasteiger partial charge < -0.3 is 0 Å². The molecular formula is C28H30F4. The average molecular weight is 443 g/mol. The fourth-order valence-corrected chi connectivity index (χ4v) is 4.31. The number of allylic oxidation sites excluding steroid dienone is 2. The molecule has 1 aliphatic rings. The second kappa shape index (κ2) is 11.4. The zero-order valence-electron chi connectivity index (χ0n) is 18.5. The van der Waals surface area contributed by atoms with Crippen molar-refractivity contribution in [3.63, 3.8) is 0 Å². The van der Waals surface area contributed by atoms with Crippen molar-refractivity contribution in [1.29, 1.82) is 0 Å². The van der Waals surface area contributed by atoms with Gasteiger partial charge in [0.1, 0.15) is 5.82 Å². The van der Waals surface area contributed by atoms with Crippen LogP contribution in [0.1, 0.15) is 80.0 Å². The number of benzene rings is 2. The van der Waals surface area contributed by atoms with Gasteiger partial charge in [-0.05, 0) is 85.8 Å². The minimum absolute atomic E-state index is 0.238. The maximum absolute atomic E-state index is 13.6. The summed E-state index contributed by atoms with van der Waals surface area (Å²) in [6, 6.07) is 11.9. The van der Waals surface area contributed by atoms with E-state index in [2.05, 4.69) is 49.1 Å². The number of rotatable bonds is 6. The van der Waals surface area contributed by atoms with Crippen LogP contribution in [-0.4, -0.2) is 0 Å². The highest BCUT2D eigenvalue weighted by atomic mass is 19.4. The molecule has 1 fully saturated rings. The van der Waals surface area contributed by atoms with E-state index in [1.54, 1.807) is 6.08 Å². The van der Waals surface area contributed by atoms with Gasteiger partial charge in [0.2, 0.25) is 0 Å². The Morgan fingerprint density at radius 2 is 1.69 bits per heavy atom. The summed E-state index contributed by atoms with van der Waals surface area (Å²) in [5.74, 6) is 5.31. The molecule has 170 valence electrons. The highest BCUT2D eigenvalue weighted by Crippen LogP contribution is 2.36. The zero-order chi connectivity index (χ0) is 23.0. The summed E-state index contributed by atoms with van der Waals surface area (Å²) in [4.78, 5) is 0. The second-order valence-electron chi connectivity index (χ2n) is 8.63. The Balaban J connectivity index is 1.48. The molecule has 0 atom stereocenters. The summed E-state index contributed by atoms with van der Waals surface area (Å²) in [5, 5.41) is 0. The standard InChI is InChI=1S/C28H30F4/c1-2-3-4-7-21-10-15-24(16-11-21)25-17-12-22(13-18-25)8-5-6-9-23-14-19-26(27(29)20-23)28(30,31)32/h5,8,10-11,14-16,19-20,22,25H,2-4,7,12-13,17-18H2,1H3/b8-5+/t22-,25-. The third-order valence-corrected chi connectivity index (χ3v) is 6.23. The Kier molecular flexibility index (Phi) is 8.56. The van der Waals surface area contributed by atoms with Crippen LogP contribution < -0.4 is 0 Å². The molecule has 0 nitrogen and oxygen atoms in total. The quantitative estimate of drug-likeness (QED) is 0.239. The van der Waals surface area contributed by atoms with E-state index in [-0.39, 0.29) is 5.56 Å². The Hall–Kier alpha value is -2.54. The minimum Gasteiger partial charge on any atom is -0.206 e. The molecule has 0 amide bonds. The summed E-state index contributed by atoms with van der Waals surface area (Å²) >= 11 is 0. The molecule has 0 saturated heterocycles. The zero-order valence-corrected chi connectivity index (χ0v) is 18.5. The summed E-state index contributed by atoms with van der Waals surface area (Å²) in [5.41, 5.74) is 1.82. The van der Waals surface area contributed by atoms with E-state index in [4.69, 9.17) is 0 Å². The molecule has 0 unspecified atom stereocenters. The Labute approximate surface area is 188 Å². The summed E-state index contributed by atoms with van der Waals surface area (Å²) < 4.78 is 51.5. The van der Waals surface area contributed by atoms with Gasteiger partial charge in [-0.15, -0.1) is 0 Å². The lowest BCUT2D eigenvalue weighted by atomic mass is 9.78. The fourth-order valence-electron chi connectivity index (χ4n) is 4.31.